The van der Waals surface area contributed by atoms with Gasteiger partial charge in [-0.05, 0) is 393 Å². The highest BCUT2D eigenvalue weighted by Crippen LogP contribution is 3.53. The van der Waals surface area contributed by atoms with Crippen LogP contribution in [-0.4, -0.2) is 4.57 Å². The summed E-state index contributed by atoms with van der Waals surface area (Å²) in [6.45, 7) is -7.28. The lowest BCUT2D eigenvalue weighted by Gasteiger charge is -2.63. The molecule has 1 aromatic heterocycles. The zero-order chi connectivity index (χ0) is 108. The summed E-state index contributed by atoms with van der Waals surface area (Å²) < 4.78 is 2.40. The van der Waals surface area contributed by atoms with Gasteiger partial charge < -0.3 is 9.47 Å². The van der Waals surface area contributed by atoms with Gasteiger partial charge in [-0.2, -0.15) is 0 Å². The van der Waals surface area contributed by atoms with Crippen LogP contribution >= 0.6 is 710 Å². The van der Waals surface area contributed by atoms with Gasteiger partial charge in [0, 0.05) is 44.1 Å². The molecule has 0 spiro atoms. The van der Waals surface area contributed by atoms with E-state index in [4.69, 9.17) is 0 Å². The van der Waals surface area contributed by atoms with Gasteiger partial charge >= 0.3 is 0 Å². The number of para-hydroxylation sites is 2. The van der Waals surface area contributed by atoms with E-state index in [0.29, 0.717) is 0 Å². The van der Waals surface area contributed by atoms with Crippen molar-refractivity contribution < 1.29 is 0 Å². The summed E-state index contributed by atoms with van der Waals surface area (Å²) in [5.74, 6) is 0. The third-order valence-electron chi connectivity index (χ3n) is 20.7. The molecule has 8 aromatic carbocycles. The molecule has 2 aliphatic carbocycles. The van der Waals surface area contributed by atoms with Crippen LogP contribution in [0.15, 0.2) is 182 Å². The summed E-state index contributed by atoms with van der Waals surface area (Å²) >= 11 is 0. The van der Waals surface area contributed by atoms with Gasteiger partial charge in [-0.25, -0.2) is 0 Å². The van der Waals surface area contributed by atoms with Crippen LogP contribution in [0.5, 0.6) is 0 Å². The van der Waals surface area contributed by atoms with E-state index in [1.165, 1.54) is 88.8 Å². The molecule has 145 heavy (non-hydrogen) atoms. The van der Waals surface area contributed by atoms with Crippen molar-refractivity contribution in [2.45, 2.75) is 38.5 Å². The predicted molar refractivity (Wildman–Crippen MR) is 979 cm³/mol. The summed E-state index contributed by atoms with van der Waals surface area (Å²) in [6.07, 6.45) is 0. The number of hydrogen-bond donors (Lipinski definition) is 0. The molecular weight excluding hydrogens is 3430 g/mol. The molecular formula is C54H133N2P89. The third kappa shape index (κ3) is 41.4. The second kappa shape index (κ2) is 77.1. The lowest BCUT2D eigenvalue weighted by atomic mass is 9.82. The van der Waals surface area contributed by atoms with Gasteiger partial charge in [0.25, 0.3) is 0 Å². The number of benzene rings is 8. The van der Waals surface area contributed by atoms with Gasteiger partial charge in [-0.3, -0.25) is 0 Å². The SMILES string of the molecule is CC1(C)c2ccccc2-c2c(N(c3ccc(-c4cccc(-n5c6ccccc6c6ccccc65)c4)cc3)c3cccc4c3-c3ccccc3C4(C)C)cccc21.PPP(P(P)P)P(P(P)P)P(P(P(P(P)P)P(P)P)P(P(P)P)P(P)P)P(P(P(P(P(P)P)P(P)P)P(P(P)P)P(P)P)P(P(P(P)P)P(P)P)P(P(P)P)P(P)P)P(P(P(P(P)P)P(P)P)P(P(P)P)P(P)P)P(P(P(P)P)P(P)P)P(P(P)P)P(P)P. The van der Waals surface area contributed by atoms with Crippen LogP contribution in [0.25, 0.3) is 60.9 Å². The Bertz CT molecular complexity index is 5080. The molecule has 49 atom stereocenters. The Labute approximate surface area is 1030 Å². The van der Waals surface area contributed by atoms with Crippen LogP contribution in [-0.2, 0) is 10.8 Å². The molecule has 0 saturated carbocycles. The van der Waals surface area contributed by atoms with Gasteiger partial charge in [0.2, 0.25) is 0 Å². The standard InChI is InChI=1S/C54H42N2.H91P89/c1-53(2)43-22-9-5-20-41(43)51-45(53)24-14-28-49(51)55(50-29-15-25-46-52(50)42-21-6-10-23-44(42)54(46,3)4)37-32-30-35(31-33-37)36-16-13-17-38(34-36)56-47-26-11-7-18-39(47)40-19-8-12-27-48(40)56;1-46-69(47(2)3)80(68(44)45)86(81(70(48(4)5)49(6)7)71(50(8)9)51(10)11)89(87(82(72(52(12)13)53(14)15)73(54(16)17)55(18)19)83(74(56(20)21)57(22)23)75(58(24)25)59(26)27)88(84(76(60(28)29)61(30)31)77(62(32)33)63(34)35)85(78(64(36)37)65(38)39)79(66(40)41)67(42)43/h5-34H,1-4H3;46H,1-45H2. The van der Waals surface area contributed by atoms with Crippen LogP contribution in [0.1, 0.15) is 49.9 Å². The minimum absolute atomic E-state index is 0.105. The van der Waals surface area contributed by atoms with Crippen LogP contribution in [0.2, 0.25) is 0 Å². The van der Waals surface area contributed by atoms with E-state index in [0.717, 1.165) is 19.3 Å². The Morgan fingerprint density at radius 1 is 0.214 bits per heavy atom. The molecule has 91 heteroatoms. The van der Waals surface area contributed by atoms with E-state index in [-0.39, 0.29) is 241 Å². The third-order valence-corrected chi connectivity index (χ3v) is 651. The van der Waals surface area contributed by atoms with Crippen LogP contribution in [0.3, 0.4) is 0 Å². The maximum atomic E-state index is 3.89. The van der Waals surface area contributed by atoms with E-state index < -0.39 is 69.9 Å². The molecule has 49 unspecified atom stereocenters. The first kappa shape index (κ1) is 158. The quantitative estimate of drug-likeness (QED) is 0.0345. The predicted octanol–water partition coefficient (Wildman–Crippen LogP) is 66.8. The number of rotatable bonds is 48. The fourth-order valence-electron chi connectivity index (χ4n) is 15.5. The van der Waals surface area contributed by atoms with Crippen molar-refractivity contribution in [3.05, 3.63) is 204 Å². The number of aromatic nitrogens is 1. The number of hydrogen-bond acceptors (Lipinski definition) is 1. The molecule has 0 amide bonds. The maximum Gasteiger partial charge on any atom is 0.0543 e. The lowest BCUT2D eigenvalue weighted by Crippen LogP contribution is -2.17. The van der Waals surface area contributed by atoms with Crippen molar-refractivity contribution in [1.82, 2.24) is 4.57 Å². The topological polar surface area (TPSA) is 8.17 Å². The van der Waals surface area contributed by atoms with Crippen molar-refractivity contribution >= 4 is 749 Å². The van der Waals surface area contributed by atoms with E-state index >= 15 is 0 Å². The van der Waals surface area contributed by atoms with Gasteiger partial charge in [0.15, 0.2) is 0 Å². The number of nitrogens with zero attached hydrogens (tertiary/aromatic N) is 2. The van der Waals surface area contributed by atoms with Crippen LogP contribution in [0.4, 0.5) is 17.1 Å². The largest absolute Gasteiger partial charge is 0.309 e. The van der Waals surface area contributed by atoms with E-state index in [2.05, 4.69) is 621 Å². The molecule has 0 aliphatic heterocycles. The minimum Gasteiger partial charge on any atom is -0.309 e. The Morgan fingerprint density at radius 2 is 0.441 bits per heavy atom. The first-order valence-electron chi connectivity index (χ1n) is 40.1. The van der Waals surface area contributed by atoms with Gasteiger partial charge in [-0.1, -0.05) is 169 Å². The summed E-state index contributed by atoms with van der Waals surface area (Å²) in [6, 6.07) is 67.5. The van der Waals surface area contributed by atoms with Gasteiger partial charge in [0.1, 0.15) is 0 Å². The highest BCUT2D eigenvalue weighted by atomic mass is 33.6. The van der Waals surface area contributed by atoms with Crippen LogP contribution in [0, 0.1) is 0 Å². The molecule has 0 N–H and O–H groups in total. The van der Waals surface area contributed by atoms with E-state index in [9.17, 15) is 0 Å². The van der Waals surface area contributed by atoms with E-state index in [1.807, 2.05) is 0 Å². The summed E-state index contributed by atoms with van der Waals surface area (Å²) in [5.41, 5.74) is 20.1. The molecule has 11 rings (SSSR count). The highest BCUT2D eigenvalue weighted by molar-refractivity contribution is 9.59. The Hall–Kier alpha value is 31.6. The molecule has 9 aromatic rings. The second-order valence-corrected chi connectivity index (χ2v) is 398. The molecule has 0 radical (unpaired) electrons. The number of fused-ring (bicyclic) bond motifs is 9. The first-order chi connectivity index (χ1) is 67.8. The molecule has 2 nitrogen and oxygen atoms in total. The lowest BCUT2D eigenvalue weighted by molar-refractivity contribution is 0.660. The smallest absolute Gasteiger partial charge is 0.0543 e. The summed E-state index contributed by atoms with van der Waals surface area (Å²) in [4.78, 5) is 2.53. The van der Waals surface area contributed by atoms with Crippen molar-refractivity contribution in [3.8, 4) is 39.1 Å². The average molecular weight is 3570 g/mol. The number of anilines is 3. The minimum atomic E-state index is -0.543. The highest BCUT2D eigenvalue weighted by Gasteiger charge is 2.67. The fourth-order valence-corrected chi connectivity index (χ4v) is 1330. The molecule has 0 bridgehead atoms. The second-order valence-electron chi connectivity index (χ2n) is 30.7. The molecule has 1 heterocycles. The van der Waals surface area contributed by atoms with Crippen molar-refractivity contribution in [1.29, 1.82) is 0 Å². The maximum absolute atomic E-state index is 3.89. The van der Waals surface area contributed by atoms with Crippen molar-refractivity contribution in [2.75, 3.05) is 4.90 Å². The molecule has 804 valence electrons. The zero-order valence-electron chi connectivity index (χ0n) is 77.9. The van der Waals surface area contributed by atoms with Gasteiger partial charge in [0.05, 0.1) is 22.4 Å². The molecule has 2 aliphatic rings. The van der Waals surface area contributed by atoms with Crippen LogP contribution < -0.4 is 4.90 Å². The molecule has 0 saturated heterocycles. The monoisotopic (exact) mass is 3570 g/mol. The van der Waals surface area contributed by atoms with Gasteiger partial charge in [-0.15, -0.1) is 402 Å². The average Bonchev–Trinajstić information content (AvgIpc) is 1.07. The first-order valence-corrected chi connectivity index (χ1v) is 202. The summed E-state index contributed by atoms with van der Waals surface area (Å²) in [5, 5.41) is 2.55. The normalized spacial score (nSPS) is 15.2. The zero-order valence-corrected chi connectivity index (χ0v) is 169. The van der Waals surface area contributed by atoms with Crippen molar-refractivity contribution in [2.24, 2.45) is 0 Å². The summed E-state index contributed by atoms with van der Waals surface area (Å²) in [7, 11) is 169. The fraction of sp³-hybridized carbons (Fsp3) is 0.111. The van der Waals surface area contributed by atoms with E-state index in [1.54, 1.807) is 0 Å². The van der Waals surface area contributed by atoms with Crippen molar-refractivity contribution in [3.63, 3.8) is 0 Å². The Kier molecular flexibility index (Phi) is 84.0. The Morgan fingerprint density at radius 3 is 0.697 bits per heavy atom. The molecule has 0 fully saturated rings. The Balaban J connectivity index is 0.000000324.